The van der Waals surface area contributed by atoms with Crippen LogP contribution in [0, 0.1) is 11.2 Å². The van der Waals surface area contributed by atoms with Crippen LogP contribution in [0.3, 0.4) is 0 Å². The zero-order chi connectivity index (χ0) is 15.6. The summed E-state index contributed by atoms with van der Waals surface area (Å²) in [5.41, 5.74) is 1.30. The van der Waals surface area contributed by atoms with Gasteiger partial charge in [-0.05, 0) is 49.3 Å². The summed E-state index contributed by atoms with van der Waals surface area (Å²) in [4.78, 5) is 6.98. The Hall–Kier alpha value is -1.78. The molecule has 3 rings (SSSR count). The van der Waals surface area contributed by atoms with Gasteiger partial charge >= 0.3 is 0 Å². The van der Waals surface area contributed by atoms with E-state index in [9.17, 15) is 9.50 Å². The van der Waals surface area contributed by atoms with Crippen molar-refractivity contribution in [3.63, 3.8) is 0 Å². The van der Waals surface area contributed by atoms with E-state index in [1.54, 1.807) is 6.07 Å². The summed E-state index contributed by atoms with van der Waals surface area (Å²) in [6, 6.07) is 4.44. The lowest BCUT2D eigenvalue weighted by molar-refractivity contribution is 0.151. The molecule has 1 saturated heterocycles. The van der Waals surface area contributed by atoms with Gasteiger partial charge in [0.05, 0.1) is 6.54 Å². The number of guanidine groups is 1. The number of hydrogen-bond donors (Lipinski definition) is 2. The monoisotopic (exact) mass is 305 g/mol. The average molecular weight is 305 g/mol. The third-order valence-corrected chi connectivity index (χ3v) is 4.91. The first kappa shape index (κ1) is 15.1. The van der Waals surface area contributed by atoms with Crippen LogP contribution in [0.2, 0.25) is 0 Å². The van der Waals surface area contributed by atoms with Crippen molar-refractivity contribution >= 4 is 5.96 Å². The van der Waals surface area contributed by atoms with Gasteiger partial charge in [-0.1, -0.05) is 12.5 Å². The molecule has 0 bridgehead atoms. The lowest BCUT2D eigenvalue weighted by atomic mass is 9.68. The number of halogens is 1. The summed E-state index contributed by atoms with van der Waals surface area (Å²) in [5.74, 6) is 0.0122. The molecule has 0 aromatic heterocycles. The molecule has 5 heteroatoms. The van der Waals surface area contributed by atoms with Gasteiger partial charge in [-0.3, -0.25) is 0 Å². The van der Waals surface area contributed by atoms with Gasteiger partial charge in [0.25, 0.3) is 0 Å². The van der Waals surface area contributed by atoms with E-state index in [1.165, 1.54) is 37.8 Å². The van der Waals surface area contributed by atoms with E-state index in [0.717, 1.165) is 31.2 Å². The number of nitrogens with one attached hydrogen (secondary N) is 1. The van der Waals surface area contributed by atoms with E-state index in [4.69, 9.17) is 0 Å². The van der Waals surface area contributed by atoms with E-state index in [0.29, 0.717) is 12.0 Å². The fourth-order valence-corrected chi connectivity index (χ4v) is 3.44. The molecule has 1 saturated carbocycles. The van der Waals surface area contributed by atoms with Crippen molar-refractivity contribution in [1.82, 2.24) is 10.2 Å². The van der Waals surface area contributed by atoms with Crippen LogP contribution in [-0.4, -0.2) is 35.6 Å². The maximum atomic E-state index is 13.4. The highest BCUT2D eigenvalue weighted by atomic mass is 19.1. The predicted molar refractivity (Wildman–Crippen MR) is 85.4 cm³/mol. The van der Waals surface area contributed by atoms with Gasteiger partial charge < -0.3 is 15.3 Å². The van der Waals surface area contributed by atoms with Gasteiger partial charge in [0.1, 0.15) is 0 Å². The van der Waals surface area contributed by atoms with Crippen molar-refractivity contribution < 1.29 is 9.50 Å². The molecular formula is C17H24FN3O. The molecule has 0 amide bonds. The number of nitrogens with zero attached hydrogens (tertiary/aromatic N) is 2. The van der Waals surface area contributed by atoms with E-state index < -0.39 is 5.82 Å². The number of aliphatic imine (C=N–C) groups is 1. The van der Waals surface area contributed by atoms with Crippen molar-refractivity contribution in [3.05, 3.63) is 29.6 Å². The number of likely N-dealkylation sites (tertiary alicyclic amines) is 1. The van der Waals surface area contributed by atoms with Crippen molar-refractivity contribution in [2.24, 2.45) is 10.4 Å². The van der Waals surface area contributed by atoms with Crippen LogP contribution in [0.15, 0.2) is 23.2 Å². The standard InChI is InChI=1S/C17H24FN3O/c1-2-19-16(21-9-8-17(12-21)6-3-7-17)20-11-13-4-5-15(22)14(18)10-13/h4-5,10,22H,2-3,6-9,11-12H2,1H3,(H,19,20). The number of hydrogen-bond acceptors (Lipinski definition) is 2. The van der Waals surface area contributed by atoms with Crippen LogP contribution in [0.1, 0.15) is 38.2 Å². The normalized spacial score (nSPS) is 20.3. The zero-order valence-corrected chi connectivity index (χ0v) is 13.1. The first-order valence-electron chi connectivity index (χ1n) is 8.12. The van der Waals surface area contributed by atoms with Gasteiger partial charge in [-0.25, -0.2) is 9.38 Å². The van der Waals surface area contributed by atoms with Gasteiger partial charge in [0, 0.05) is 19.6 Å². The summed E-state index contributed by atoms with van der Waals surface area (Å²) in [6.07, 6.45) is 5.29. The molecule has 1 aliphatic heterocycles. The molecule has 1 aromatic carbocycles. The Kier molecular flexibility index (Phi) is 4.23. The molecule has 4 nitrogen and oxygen atoms in total. The van der Waals surface area contributed by atoms with E-state index in [1.807, 2.05) is 0 Å². The van der Waals surface area contributed by atoms with Gasteiger partial charge in [-0.15, -0.1) is 0 Å². The molecular weight excluding hydrogens is 281 g/mol. The highest BCUT2D eigenvalue weighted by Gasteiger charge is 2.43. The van der Waals surface area contributed by atoms with Crippen molar-refractivity contribution in [2.75, 3.05) is 19.6 Å². The third-order valence-electron chi connectivity index (χ3n) is 4.91. The average Bonchev–Trinajstić information content (AvgIpc) is 2.92. The quantitative estimate of drug-likeness (QED) is 0.667. The molecule has 2 N–H and O–H groups in total. The second kappa shape index (κ2) is 6.15. The predicted octanol–water partition coefficient (Wildman–Crippen LogP) is 2.87. The summed E-state index contributed by atoms with van der Waals surface area (Å²) >= 11 is 0. The molecule has 2 fully saturated rings. The van der Waals surface area contributed by atoms with Crippen molar-refractivity contribution in [2.45, 2.75) is 39.2 Å². The smallest absolute Gasteiger partial charge is 0.194 e. The Balaban J connectivity index is 1.68. The highest BCUT2D eigenvalue weighted by Crippen LogP contribution is 2.47. The molecule has 2 aliphatic rings. The molecule has 120 valence electrons. The molecule has 1 aromatic rings. The Bertz CT molecular complexity index is 569. The molecule has 0 atom stereocenters. The first-order valence-corrected chi connectivity index (χ1v) is 8.12. The van der Waals surface area contributed by atoms with Crippen LogP contribution < -0.4 is 5.32 Å². The maximum Gasteiger partial charge on any atom is 0.194 e. The first-order chi connectivity index (χ1) is 10.6. The fourth-order valence-electron chi connectivity index (χ4n) is 3.44. The number of phenolic OH excluding ortho intramolecular Hbond substituents is 1. The molecule has 1 heterocycles. The summed E-state index contributed by atoms with van der Waals surface area (Å²) in [5, 5.41) is 12.6. The van der Waals surface area contributed by atoms with Gasteiger partial charge in [0.15, 0.2) is 17.5 Å². The second-order valence-electron chi connectivity index (χ2n) is 6.48. The molecule has 22 heavy (non-hydrogen) atoms. The van der Waals surface area contributed by atoms with Crippen molar-refractivity contribution in [3.8, 4) is 5.75 Å². The van der Waals surface area contributed by atoms with E-state index in [-0.39, 0.29) is 5.75 Å². The number of rotatable bonds is 3. The topological polar surface area (TPSA) is 47.9 Å². The lowest BCUT2D eigenvalue weighted by Crippen LogP contribution is -2.42. The Morgan fingerprint density at radius 2 is 2.23 bits per heavy atom. The van der Waals surface area contributed by atoms with E-state index >= 15 is 0 Å². The SMILES string of the molecule is CCNC(=NCc1ccc(O)c(F)c1)N1CCC2(CCC2)C1. The van der Waals surface area contributed by atoms with Crippen LogP contribution >= 0.6 is 0 Å². The lowest BCUT2D eigenvalue weighted by Gasteiger charge is -2.38. The zero-order valence-electron chi connectivity index (χ0n) is 13.1. The summed E-state index contributed by atoms with van der Waals surface area (Å²) in [7, 11) is 0. The molecule has 0 unspecified atom stereocenters. The Labute approximate surface area is 131 Å². The number of benzene rings is 1. The van der Waals surface area contributed by atoms with Crippen LogP contribution in [0.4, 0.5) is 4.39 Å². The number of aromatic hydroxyl groups is 1. The van der Waals surface area contributed by atoms with Crippen LogP contribution in [0.25, 0.3) is 0 Å². The third kappa shape index (κ3) is 3.03. The second-order valence-corrected chi connectivity index (χ2v) is 6.48. The van der Waals surface area contributed by atoms with Crippen molar-refractivity contribution in [1.29, 1.82) is 0 Å². The summed E-state index contributed by atoms with van der Waals surface area (Å²) in [6.45, 7) is 5.44. The molecule has 1 spiro atoms. The van der Waals surface area contributed by atoms with Crippen LogP contribution in [0.5, 0.6) is 5.75 Å². The largest absolute Gasteiger partial charge is 0.505 e. The van der Waals surface area contributed by atoms with E-state index in [2.05, 4.69) is 22.1 Å². The Morgan fingerprint density at radius 1 is 1.41 bits per heavy atom. The minimum atomic E-state index is -0.590. The minimum Gasteiger partial charge on any atom is -0.505 e. The number of phenols is 1. The minimum absolute atomic E-state index is 0.314. The molecule has 1 aliphatic carbocycles. The van der Waals surface area contributed by atoms with Crippen LogP contribution in [-0.2, 0) is 6.54 Å². The fraction of sp³-hybridized carbons (Fsp3) is 0.588. The summed E-state index contributed by atoms with van der Waals surface area (Å²) < 4.78 is 13.4. The van der Waals surface area contributed by atoms with Gasteiger partial charge in [0.2, 0.25) is 0 Å². The van der Waals surface area contributed by atoms with Gasteiger partial charge in [-0.2, -0.15) is 0 Å². The highest BCUT2D eigenvalue weighted by molar-refractivity contribution is 5.80. The maximum absolute atomic E-state index is 13.4. The molecule has 0 radical (unpaired) electrons. The Morgan fingerprint density at radius 3 is 2.82 bits per heavy atom.